The number of rotatable bonds is 4. The maximum absolute atomic E-state index is 10.8. The normalized spacial score (nSPS) is 13.9. The number of carbonyl (C=O) groups is 1. The fraction of sp³-hybridized carbons (Fsp3) is 0.167. The van der Waals surface area contributed by atoms with Crippen molar-refractivity contribution in [1.82, 2.24) is 0 Å². The molecule has 0 spiro atoms. The first kappa shape index (κ1) is 14.0. The molecule has 0 aromatic heterocycles. The van der Waals surface area contributed by atoms with Crippen molar-refractivity contribution >= 4 is 17.7 Å². The van der Waals surface area contributed by atoms with Gasteiger partial charge in [0, 0.05) is 17.2 Å². The number of hydrogen-bond donors (Lipinski definition) is 1. The monoisotopic (exact) mass is 296 g/mol. The molecule has 2 aromatic carbocycles. The lowest BCUT2D eigenvalue weighted by atomic mass is 9.99. The second-order valence-electron chi connectivity index (χ2n) is 5.17. The van der Waals surface area contributed by atoms with Gasteiger partial charge >= 0.3 is 5.97 Å². The Labute approximate surface area is 128 Å². The number of carboxylic acids is 1. The highest BCUT2D eigenvalue weighted by molar-refractivity contribution is 8.02. The zero-order valence-electron chi connectivity index (χ0n) is 11.7. The second-order valence-corrected chi connectivity index (χ2v) is 6.07. The summed E-state index contributed by atoms with van der Waals surface area (Å²) in [6, 6.07) is 17.0. The minimum Gasteiger partial charge on any atom is -0.478 e. The fourth-order valence-electron chi connectivity index (χ4n) is 2.76. The van der Waals surface area contributed by atoms with E-state index in [0.717, 1.165) is 5.75 Å². The summed E-state index contributed by atoms with van der Waals surface area (Å²) in [4.78, 5) is 10.8. The van der Waals surface area contributed by atoms with Gasteiger partial charge in [-0.3, -0.25) is 0 Å². The minimum absolute atomic E-state index is 0.334. The van der Waals surface area contributed by atoms with E-state index in [9.17, 15) is 4.79 Å². The molecule has 0 heterocycles. The Kier molecular flexibility index (Phi) is 3.84. The molecule has 106 valence electrons. The lowest BCUT2D eigenvalue weighted by Gasteiger charge is -2.11. The van der Waals surface area contributed by atoms with Crippen molar-refractivity contribution in [3.8, 4) is 11.1 Å². The molecule has 3 rings (SSSR count). The molecule has 3 heteroatoms. The molecule has 0 saturated carbocycles. The third-order valence-corrected chi connectivity index (χ3v) is 4.87. The SMILES string of the molecule is C/C(=C\SCC1c2ccccc2-c2ccccc21)C(=O)O. The van der Waals surface area contributed by atoms with Crippen LogP contribution in [0.3, 0.4) is 0 Å². The number of aliphatic carboxylic acids is 1. The van der Waals surface area contributed by atoms with Gasteiger partial charge in [-0.2, -0.15) is 0 Å². The van der Waals surface area contributed by atoms with Gasteiger partial charge in [-0.05, 0) is 34.6 Å². The number of fused-ring (bicyclic) bond motifs is 3. The average molecular weight is 296 g/mol. The van der Waals surface area contributed by atoms with Crippen LogP contribution in [-0.4, -0.2) is 16.8 Å². The lowest BCUT2D eigenvalue weighted by molar-refractivity contribution is -0.132. The maximum atomic E-state index is 10.8. The van der Waals surface area contributed by atoms with Crippen molar-refractivity contribution in [1.29, 1.82) is 0 Å². The van der Waals surface area contributed by atoms with E-state index in [1.54, 1.807) is 24.1 Å². The molecule has 0 saturated heterocycles. The molecule has 1 N–H and O–H groups in total. The zero-order valence-corrected chi connectivity index (χ0v) is 12.6. The molecule has 0 fully saturated rings. The molecule has 2 aromatic rings. The van der Waals surface area contributed by atoms with Crippen molar-refractivity contribution in [3.05, 3.63) is 70.6 Å². The molecule has 0 unspecified atom stereocenters. The Morgan fingerprint density at radius 2 is 1.62 bits per heavy atom. The summed E-state index contributed by atoms with van der Waals surface area (Å²) in [6.07, 6.45) is 0. The average Bonchev–Trinajstić information content (AvgIpc) is 2.82. The Morgan fingerprint density at radius 1 is 1.10 bits per heavy atom. The van der Waals surface area contributed by atoms with Crippen LogP contribution in [0.4, 0.5) is 0 Å². The van der Waals surface area contributed by atoms with E-state index in [1.807, 2.05) is 0 Å². The van der Waals surface area contributed by atoms with Crippen molar-refractivity contribution in [2.75, 3.05) is 5.75 Å². The maximum Gasteiger partial charge on any atom is 0.331 e. The number of benzene rings is 2. The van der Waals surface area contributed by atoms with Crippen LogP contribution in [0.5, 0.6) is 0 Å². The standard InChI is InChI=1S/C18H16O2S/c1-12(18(19)20)10-21-11-17-15-8-4-2-6-13(15)14-7-3-5-9-16(14)17/h2-10,17H,11H2,1H3,(H,19,20)/b12-10+. The number of thioether (sulfide) groups is 1. The van der Waals surface area contributed by atoms with Gasteiger partial charge in [-0.25, -0.2) is 4.79 Å². The molecular weight excluding hydrogens is 280 g/mol. The predicted molar refractivity (Wildman–Crippen MR) is 87.6 cm³/mol. The van der Waals surface area contributed by atoms with Gasteiger partial charge in [-0.15, -0.1) is 11.8 Å². The molecule has 0 radical (unpaired) electrons. The first-order valence-corrected chi connectivity index (χ1v) is 7.93. The third kappa shape index (κ3) is 2.61. The summed E-state index contributed by atoms with van der Waals surface area (Å²) in [5, 5.41) is 10.6. The Hall–Kier alpha value is -2.00. The van der Waals surface area contributed by atoms with Crippen LogP contribution in [-0.2, 0) is 4.79 Å². The van der Waals surface area contributed by atoms with E-state index >= 15 is 0 Å². The number of hydrogen-bond acceptors (Lipinski definition) is 2. The van der Waals surface area contributed by atoms with E-state index in [4.69, 9.17) is 5.11 Å². The fourth-order valence-corrected chi connectivity index (χ4v) is 3.76. The van der Waals surface area contributed by atoms with Crippen molar-refractivity contribution in [2.24, 2.45) is 0 Å². The van der Waals surface area contributed by atoms with Crippen LogP contribution in [0, 0.1) is 0 Å². The zero-order chi connectivity index (χ0) is 14.8. The van der Waals surface area contributed by atoms with Gasteiger partial charge < -0.3 is 5.11 Å². The summed E-state index contributed by atoms with van der Waals surface area (Å²) in [6.45, 7) is 1.63. The van der Waals surface area contributed by atoms with Crippen LogP contribution in [0.1, 0.15) is 24.0 Å². The Balaban J connectivity index is 1.89. The Morgan fingerprint density at radius 3 is 2.14 bits per heavy atom. The van der Waals surface area contributed by atoms with Crippen molar-refractivity contribution < 1.29 is 9.90 Å². The van der Waals surface area contributed by atoms with E-state index in [1.165, 1.54) is 22.3 Å². The predicted octanol–water partition coefficient (Wildman–Crippen LogP) is 4.52. The van der Waals surface area contributed by atoms with Gasteiger partial charge in [0.15, 0.2) is 0 Å². The second kappa shape index (κ2) is 5.78. The van der Waals surface area contributed by atoms with E-state index in [2.05, 4.69) is 48.5 Å². The molecule has 1 aliphatic carbocycles. The van der Waals surface area contributed by atoms with Gasteiger partial charge in [0.1, 0.15) is 0 Å². The summed E-state index contributed by atoms with van der Waals surface area (Å²) in [5.41, 5.74) is 5.68. The van der Waals surface area contributed by atoms with Gasteiger partial charge in [-0.1, -0.05) is 48.5 Å². The highest BCUT2D eigenvalue weighted by Gasteiger charge is 2.27. The van der Waals surface area contributed by atoms with Crippen molar-refractivity contribution in [2.45, 2.75) is 12.8 Å². The topological polar surface area (TPSA) is 37.3 Å². The lowest BCUT2D eigenvalue weighted by Crippen LogP contribution is -2.00. The quantitative estimate of drug-likeness (QED) is 0.843. The van der Waals surface area contributed by atoms with Crippen LogP contribution < -0.4 is 0 Å². The molecule has 0 bridgehead atoms. The number of carboxylic acid groups (broad SMARTS) is 1. The molecular formula is C18H16O2S. The largest absolute Gasteiger partial charge is 0.478 e. The summed E-state index contributed by atoms with van der Waals surface area (Å²) >= 11 is 1.57. The van der Waals surface area contributed by atoms with Gasteiger partial charge in [0.05, 0.1) is 0 Å². The van der Waals surface area contributed by atoms with Gasteiger partial charge in [0.2, 0.25) is 0 Å². The highest BCUT2D eigenvalue weighted by Crippen LogP contribution is 2.45. The van der Waals surface area contributed by atoms with Crippen LogP contribution >= 0.6 is 11.8 Å². The highest BCUT2D eigenvalue weighted by atomic mass is 32.2. The molecule has 0 atom stereocenters. The molecule has 0 aliphatic heterocycles. The smallest absolute Gasteiger partial charge is 0.331 e. The third-order valence-electron chi connectivity index (χ3n) is 3.82. The molecule has 1 aliphatic rings. The van der Waals surface area contributed by atoms with E-state index in [-0.39, 0.29) is 0 Å². The summed E-state index contributed by atoms with van der Waals surface area (Å²) < 4.78 is 0. The molecule has 0 amide bonds. The van der Waals surface area contributed by atoms with Crippen LogP contribution in [0.25, 0.3) is 11.1 Å². The summed E-state index contributed by atoms with van der Waals surface area (Å²) in [5.74, 6) is 0.341. The molecule has 2 nitrogen and oxygen atoms in total. The Bertz CT molecular complexity index is 673. The summed E-state index contributed by atoms with van der Waals surface area (Å²) in [7, 11) is 0. The van der Waals surface area contributed by atoms with Crippen LogP contribution in [0.2, 0.25) is 0 Å². The van der Waals surface area contributed by atoms with E-state index in [0.29, 0.717) is 11.5 Å². The first-order chi connectivity index (χ1) is 10.2. The molecule has 21 heavy (non-hydrogen) atoms. The minimum atomic E-state index is -0.852. The van der Waals surface area contributed by atoms with Gasteiger partial charge in [0.25, 0.3) is 0 Å². The first-order valence-electron chi connectivity index (χ1n) is 6.88. The van der Waals surface area contributed by atoms with Crippen LogP contribution in [0.15, 0.2) is 59.5 Å². The van der Waals surface area contributed by atoms with Crippen molar-refractivity contribution in [3.63, 3.8) is 0 Å². The van der Waals surface area contributed by atoms with E-state index < -0.39 is 5.97 Å².